The molecular formula is C18H31N5OS. The summed E-state index contributed by atoms with van der Waals surface area (Å²) < 4.78 is 0.271. The molecule has 1 fully saturated rings. The highest BCUT2D eigenvalue weighted by molar-refractivity contribution is 8.00. The van der Waals surface area contributed by atoms with E-state index in [9.17, 15) is 4.79 Å². The van der Waals surface area contributed by atoms with E-state index in [0.717, 1.165) is 37.5 Å². The summed E-state index contributed by atoms with van der Waals surface area (Å²) in [5.41, 5.74) is 5.71. The van der Waals surface area contributed by atoms with Crippen molar-refractivity contribution in [2.24, 2.45) is 0 Å². The third kappa shape index (κ3) is 6.82. The minimum Gasteiger partial charge on any atom is -0.384 e. The number of nitrogens with two attached hydrogens (primary N) is 1. The Kier molecular flexibility index (Phi) is 7.07. The van der Waals surface area contributed by atoms with E-state index in [-0.39, 0.29) is 10.7 Å². The second-order valence-electron chi connectivity index (χ2n) is 7.66. The summed E-state index contributed by atoms with van der Waals surface area (Å²) in [5.74, 6) is 2.55. The molecule has 2 heterocycles. The minimum absolute atomic E-state index is 0.271. The molecule has 0 saturated carbocycles. The third-order valence-corrected chi connectivity index (χ3v) is 5.69. The molecule has 6 nitrogen and oxygen atoms in total. The first-order valence-corrected chi connectivity index (χ1v) is 9.92. The van der Waals surface area contributed by atoms with Crippen molar-refractivity contribution in [3.05, 3.63) is 18.1 Å². The van der Waals surface area contributed by atoms with Crippen molar-refractivity contribution in [3.63, 3.8) is 0 Å². The molecule has 0 radical (unpaired) electrons. The number of nitrogen functional groups attached to an aromatic ring is 1. The maximum Gasteiger partial charge on any atom is 0.222 e. The lowest BCUT2D eigenvalue weighted by atomic mass is 10.2. The van der Waals surface area contributed by atoms with Crippen molar-refractivity contribution in [3.8, 4) is 0 Å². The summed E-state index contributed by atoms with van der Waals surface area (Å²) in [6.07, 6.45) is 4.29. The number of carbonyl (C=O) groups is 1. The monoisotopic (exact) mass is 365 g/mol. The maximum atomic E-state index is 12.4. The summed E-state index contributed by atoms with van der Waals surface area (Å²) in [6.45, 7) is 8.93. The third-order valence-electron chi connectivity index (χ3n) is 4.33. The molecule has 7 heteroatoms. The van der Waals surface area contributed by atoms with E-state index in [1.54, 1.807) is 12.3 Å². The standard InChI is InChI=1S/C18H31N5OS/c1-18(2,3)25-11-5-6-17(24)23-10-8-14(12-23)22(4)13-16-20-9-7-15(19)21-16/h7,9,14H,5-6,8,10-13H2,1-4H3,(H2,19,20,21). The van der Waals surface area contributed by atoms with Gasteiger partial charge in [0.05, 0.1) is 6.54 Å². The quantitative estimate of drug-likeness (QED) is 0.748. The summed E-state index contributed by atoms with van der Waals surface area (Å²) in [7, 11) is 2.06. The fourth-order valence-corrected chi connectivity index (χ4v) is 3.83. The van der Waals surface area contributed by atoms with Gasteiger partial charge in [0.2, 0.25) is 5.91 Å². The van der Waals surface area contributed by atoms with Crippen molar-refractivity contribution in [2.45, 2.75) is 57.4 Å². The van der Waals surface area contributed by atoms with Crippen LogP contribution >= 0.6 is 11.8 Å². The molecule has 25 heavy (non-hydrogen) atoms. The number of hydrogen-bond donors (Lipinski definition) is 1. The Labute approximate surface area is 155 Å². The average molecular weight is 366 g/mol. The molecule has 2 rings (SSSR count). The average Bonchev–Trinajstić information content (AvgIpc) is 3.00. The van der Waals surface area contributed by atoms with Crippen LogP contribution in [-0.2, 0) is 11.3 Å². The van der Waals surface area contributed by atoms with Crippen molar-refractivity contribution < 1.29 is 4.79 Å². The van der Waals surface area contributed by atoms with Gasteiger partial charge in [-0.1, -0.05) is 20.8 Å². The molecule has 0 spiro atoms. The highest BCUT2D eigenvalue weighted by atomic mass is 32.2. The van der Waals surface area contributed by atoms with E-state index < -0.39 is 0 Å². The van der Waals surface area contributed by atoms with Crippen LogP contribution in [0, 0.1) is 0 Å². The highest BCUT2D eigenvalue weighted by Gasteiger charge is 2.28. The second-order valence-corrected chi connectivity index (χ2v) is 9.58. The molecule has 1 unspecified atom stereocenters. The summed E-state index contributed by atoms with van der Waals surface area (Å²) in [5, 5.41) is 0. The lowest BCUT2D eigenvalue weighted by Gasteiger charge is -2.24. The highest BCUT2D eigenvalue weighted by Crippen LogP contribution is 2.24. The van der Waals surface area contributed by atoms with E-state index in [0.29, 0.717) is 24.8 Å². The van der Waals surface area contributed by atoms with Gasteiger partial charge in [-0.05, 0) is 31.7 Å². The number of likely N-dealkylation sites (tertiary alicyclic amines) is 1. The molecule has 1 aromatic heterocycles. The van der Waals surface area contributed by atoms with Gasteiger partial charge in [0.25, 0.3) is 0 Å². The summed E-state index contributed by atoms with van der Waals surface area (Å²) >= 11 is 1.92. The zero-order valence-corrected chi connectivity index (χ0v) is 16.7. The number of anilines is 1. The Balaban J connectivity index is 1.73. The number of hydrogen-bond acceptors (Lipinski definition) is 6. The molecule has 1 aliphatic heterocycles. The number of likely N-dealkylation sites (N-methyl/N-ethyl adjacent to an activating group) is 1. The molecule has 0 bridgehead atoms. The molecule has 1 amide bonds. The van der Waals surface area contributed by atoms with Crippen LogP contribution in [0.4, 0.5) is 5.82 Å². The van der Waals surface area contributed by atoms with Crippen molar-refractivity contribution >= 4 is 23.5 Å². The molecule has 1 aromatic rings. The second kappa shape index (κ2) is 8.85. The Morgan fingerprint density at radius 2 is 2.24 bits per heavy atom. The zero-order chi connectivity index (χ0) is 18.4. The maximum absolute atomic E-state index is 12.4. The summed E-state index contributed by atoms with van der Waals surface area (Å²) in [4.78, 5) is 25.1. The van der Waals surface area contributed by atoms with Gasteiger partial charge in [-0.3, -0.25) is 9.69 Å². The van der Waals surface area contributed by atoms with E-state index >= 15 is 0 Å². The Hall–Kier alpha value is -1.34. The molecule has 1 aliphatic rings. The molecule has 0 aliphatic carbocycles. The molecule has 1 saturated heterocycles. The van der Waals surface area contributed by atoms with E-state index in [4.69, 9.17) is 5.73 Å². The predicted octanol–water partition coefficient (Wildman–Crippen LogP) is 2.40. The van der Waals surface area contributed by atoms with Crippen molar-refractivity contribution in [2.75, 3.05) is 31.6 Å². The Bertz CT molecular complexity index is 575. The van der Waals surface area contributed by atoms with Crippen molar-refractivity contribution in [1.82, 2.24) is 19.8 Å². The predicted molar refractivity (Wildman–Crippen MR) is 104 cm³/mol. The van der Waals surface area contributed by atoms with Crippen LogP contribution < -0.4 is 5.73 Å². The van der Waals surface area contributed by atoms with Crippen LogP contribution in [0.3, 0.4) is 0 Å². The van der Waals surface area contributed by atoms with E-state index in [2.05, 4.69) is 42.7 Å². The lowest BCUT2D eigenvalue weighted by Crippen LogP contribution is -2.36. The number of carbonyl (C=O) groups excluding carboxylic acids is 1. The normalized spacial score (nSPS) is 18.1. The number of rotatable bonds is 7. The molecule has 0 aromatic carbocycles. The summed E-state index contributed by atoms with van der Waals surface area (Å²) in [6, 6.07) is 2.05. The number of amides is 1. The fourth-order valence-electron chi connectivity index (χ4n) is 2.93. The van der Waals surface area contributed by atoms with Crippen LogP contribution in [-0.4, -0.2) is 62.4 Å². The molecular weight excluding hydrogens is 334 g/mol. The van der Waals surface area contributed by atoms with Gasteiger partial charge in [0, 0.05) is 36.5 Å². The van der Waals surface area contributed by atoms with Gasteiger partial charge in [-0.25, -0.2) is 9.97 Å². The molecule has 1 atom stereocenters. The van der Waals surface area contributed by atoms with E-state index in [1.165, 1.54) is 0 Å². The first-order valence-electron chi connectivity index (χ1n) is 8.94. The van der Waals surface area contributed by atoms with Gasteiger partial charge >= 0.3 is 0 Å². The molecule has 2 N–H and O–H groups in total. The Morgan fingerprint density at radius 3 is 2.92 bits per heavy atom. The first-order chi connectivity index (χ1) is 11.7. The van der Waals surface area contributed by atoms with Crippen LogP contribution in [0.25, 0.3) is 0 Å². The van der Waals surface area contributed by atoms with E-state index in [1.807, 2.05) is 16.7 Å². The van der Waals surface area contributed by atoms with Crippen LogP contribution in [0.2, 0.25) is 0 Å². The SMILES string of the molecule is CN(Cc1nccc(N)n1)C1CCN(C(=O)CCCSC(C)(C)C)C1. The van der Waals surface area contributed by atoms with Gasteiger partial charge < -0.3 is 10.6 Å². The number of thioether (sulfide) groups is 1. The lowest BCUT2D eigenvalue weighted by molar-refractivity contribution is -0.130. The first kappa shape index (κ1) is 20.0. The van der Waals surface area contributed by atoms with Crippen LogP contribution in [0.15, 0.2) is 12.3 Å². The molecule has 140 valence electrons. The van der Waals surface area contributed by atoms with Gasteiger partial charge in [0.1, 0.15) is 11.6 Å². The van der Waals surface area contributed by atoms with Crippen molar-refractivity contribution in [1.29, 1.82) is 0 Å². The van der Waals surface area contributed by atoms with Gasteiger partial charge in [-0.2, -0.15) is 11.8 Å². The van der Waals surface area contributed by atoms with Gasteiger partial charge in [0.15, 0.2) is 0 Å². The van der Waals surface area contributed by atoms with Crippen LogP contribution in [0.1, 0.15) is 45.9 Å². The van der Waals surface area contributed by atoms with Crippen LogP contribution in [0.5, 0.6) is 0 Å². The fraction of sp³-hybridized carbons (Fsp3) is 0.722. The van der Waals surface area contributed by atoms with Gasteiger partial charge in [-0.15, -0.1) is 0 Å². The number of nitrogens with zero attached hydrogens (tertiary/aromatic N) is 4. The largest absolute Gasteiger partial charge is 0.384 e. The number of aromatic nitrogens is 2. The Morgan fingerprint density at radius 1 is 1.48 bits per heavy atom. The smallest absolute Gasteiger partial charge is 0.222 e. The topological polar surface area (TPSA) is 75.4 Å². The minimum atomic E-state index is 0.271. The zero-order valence-electron chi connectivity index (χ0n) is 15.9.